The molecule has 1 fully saturated rings. The number of amides is 1. The van der Waals surface area contributed by atoms with Gasteiger partial charge in [-0.2, -0.15) is 0 Å². The number of thiophene rings is 1. The van der Waals surface area contributed by atoms with Gasteiger partial charge in [-0.3, -0.25) is 10.1 Å². The first kappa shape index (κ1) is 18.2. The molecule has 4 heteroatoms. The second kappa shape index (κ2) is 8.63. The van der Waals surface area contributed by atoms with Crippen LogP contribution in [0.4, 0.5) is 0 Å². The Labute approximate surface area is 154 Å². The number of rotatable bonds is 6. The van der Waals surface area contributed by atoms with E-state index >= 15 is 0 Å². The van der Waals surface area contributed by atoms with Crippen LogP contribution >= 0.6 is 11.3 Å². The van der Waals surface area contributed by atoms with Crippen LogP contribution in [-0.2, 0) is 4.79 Å². The molecule has 2 N–H and O–H groups in total. The first-order valence-corrected chi connectivity index (χ1v) is 10.1. The molecule has 1 amide bonds. The van der Waals surface area contributed by atoms with Crippen molar-refractivity contribution in [2.45, 2.75) is 45.2 Å². The number of carbonyl (C=O) groups excluding carboxylic acids is 1. The van der Waals surface area contributed by atoms with Gasteiger partial charge in [0.05, 0.1) is 12.6 Å². The van der Waals surface area contributed by atoms with E-state index in [1.807, 2.05) is 18.2 Å². The van der Waals surface area contributed by atoms with Gasteiger partial charge in [0.1, 0.15) is 0 Å². The SMILES string of the molecule is C[C@H]1[C@@H](NC(=O)CN[C@@H](c2ccccc2)c2cccs2)CCC[C@@H]1C. The first-order chi connectivity index (χ1) is 12.1. The summed E-state index contributed by atoms with van der Waals surface area (Å²) in [6.07, 6.45) is 3.59. The van der Waals surface area contributed by atoms with E-state index in [9.17, 15) is 4.79 Å². The van der Waals surface area contributed by atoms with Crippen molar-refractivity contribution in [1.82, 2.24) is 10.6 Å². The number of benzene rings is 1. The zero-order valence-electron chi connectivity index (χ0n) is 15.1. The van der Waals surface area contributed by atoms with E-state index < -0.39 is 0 Å². The van der Waals surface area contributed by atoms with Crippen LogP contribution in [0.5, 0.6) is 0 Å². The van der Waals surface area contributed by atoms with Gasteiger partial charge in [0.15, 0.2) is 0 Å². The van der Waals surface area contributed by atoms with E-state index in [0.717, 1.165) is 6.42 Å². The zero-order valence-corrected chi connectivity index (χ0v) is 15.9. The second-order valence-corrected chi connectivity index (χ2v) is 8.16. The fourth-order valence-corrected chi connectivity index (χ4v) is 4.55. The Bertz CT molecular complexity index is 656. The van der Waals surface area contributed by atoms with E-state index in [0.29, 0.717) is 24.4 Å². The van der Waals surface area contributed by atoms with Crippen molar-refractivity contribution in [2.24, 2.45) is 11.8 Å². The minimum absolute atomic E-state index is 0.0645. The number of carbonyl (C=O) groups is 1. The lowest BCUT2D eigenvalue weighted by Crippen LogP contribution is -2.47. The van der Waals surface area contributed by atoms with Crippen LogP contribution in [-0.4, -0.2) is 18.5 Å². The van der Waals surface area contributed by atoms with Gasteiger partial charge in [-0.05, 0) is 35.3 Å². The average molecular weight is 357 g/mol. The molecule has 25 heavy (non-hydrogen) atoms. The molecule has 0 spiro atoms. The fourth-order valence-electron chi connectivity index (χ4n) is 3.72. The van der Waals surface area contributed by atoms with Crippen LogP contribution in [0.2, 0.25) is 0 Å². The van der Waals surface area contributed by atoms with Gasteiger partial charge >= 0.3 is 0 Å². The van der Waals surface area contributed by atoms with Crippen LogP contribution in [0.15, 0.2) is 47.8 Å². The topological polar surface area (TPSA) is 41.1 Å². The molecule has 4 atom stereocenters. The Morgan fingerprint density at radius 3 is 2.68 bits per heavy atom. The van der Waals surface area contributed by atoms with Crippen LogP contribution in [0.3, 0.4) is 0 Å². The highest BCUT2D eigenvalue weighted by Crippen LogP contribution is 2.29. The molecule has 0 radical (unpaired) electrons. The van der Waals surface area contributed by atoms with Gasteiger partial charge in [0.2, 0.25) is 5.91 Å². The molecule has 1 saturated carbocycles. The lowest BCUT2D eigenvalue weighted by molar-refractivity contribution is -0.121. The van der Waals surface area contributed by atoms with Crippen molar-refractivity contribution in [1.29, 1.82) is 0 Å². The molecular weight excluding hydrogens is 328 g/mol. The lowest BCUT2D eigenvalue weighted by atomic mass is 9.78. The van der Waals surface area contributed by atoms with E-state index in [-0.39, 0.29) is 11.9 Å². The third kappa shape index (κ3) is 4.71. The van der Waals surface area contributed by atoms with Gasteiger partial charge in [-0.15, -0.1) is 11.3 Å². The third-order valence-electron chi connectivity index (χ3n) is 5.48. The Hall–Kier alpha value is -1.65. The number of nitrogens with one attached hydrogen (secondary N) is 2. The monoisotopic (exact) mass is 356 g/mol. The highest BCUT2D eigenvalue weighted by atomic mass is 32.1. The van der Waals surface area contributed by atoms with Crippen molar-refractivity contribution < 1.29 is 4.79 Å². The molecule has 1 aliphatic rings. The van der Waals surface area contributed by atoms with E-state index in [1.165, 1.54) is 23.3 Å². The quantitative estimate of drug-likeness (QED) is 0.807. The van der Waals surface area contributed by atoms with Crippen LogP contribution in [0.25, 0.3) is 0 Å². The third-order valence-corrected chi connectivity index (χ3v) is 6.42. The number of hydrogen-bond acceptors (Lipinski definition) is 3. The molecule has 0 saturated heterocycles. The van der Waals surface area contributed by atoms with Gasteiger partial charge in [0, 0.05) is 10.9 Å². The van der Waals surface area contributed by atoms with Gasteiger partial charge in [-0.25, -0.2) is 0 Å². The molecule has 134 valence electrons. The molecule has 0 bridgehead atoms. The van der Waals surface area contributed by atoms with Crippen molar-refractivity contribution in [3.8, 4) is 0 Å². The van der Waals surface area contributed by atoms with E-state index in [1.54, 1.807) is 11.3 Å². The molecule has 0 unspecified atom stereocenters. The maximum absolute atomic E-state index is 12.5. The summed E-state index contributed by atoms with van der Waals surface area (Å²) in [6, 6.07) is 14.9. The molecule has 2 aromatic rings. The molecule has 1 aromatic carbocycles. The maximum Gasteiger partial charge on any atom is 0.234 e. The molecule has 1 aromatic heterocycles. The van der Waals surface area contributed by atoms with Crippen LogP contribution in [0.1, 0.15) is 49.6 Å². The second-order valence-electron chi connectivity index (χ2n) is 7.18. The largest absolute Gasteiger partial charge is 0.352 e. The summed E-state index contributed by atoms with van der Waals surface area (Å²) in [5.41, 5.74) is 1.19. The standard InChI is InChI=1S/C21H28N2OS/c1-15-8-6-11-18(16(15)2)23-20(24)14-22-21(19-12-7-13-25-19)17-9-4-3-5-10-17/h3-5,7,9-10,12-13,15-16,18,21-22H,6,8,11,14H2,1-2H3,(H,23,24)/t15-,16+,18-,21-/m0/s1. The van der Waals surface area contributed by atoms with Crippen LogP contribution < -0.4 is 10.6 Å². The van der Waals surface area contributed by atoms with E-state index in [2.05, 4.69) is 54.1 Å². The summed E-state index contributed by atoms with van der Waals surface area (Å²) in [4.78, 5) is 13.7. The Balaban J connectivity index is 1.60. The Kier molecular flexibility index (Phi) is 6.27. The minimum atomic E-state index is 0.0645. The average Bonchev–Trinajstić information content (AvgIpc) is 3.14. The summed E-state index contributed by atoms with van der Waals surface area (Å²) < 4.78 is 0. The predicted molar refractivity (Wildman–Crippen MR) is 105 cm³/mol. The van der Waals surface area contributed by atoms with Crippen molar-refractivity contribution in [3.63, 3.8) is 0 Å². The van der Waals surface area contributed by atoms with Crippen molar-refractivity contribution >= 4 is 17.2 Å². The molecule has 0 aliphatic heterocycles. The van der Waals surface area contributed by atoms with Gasteiger partial charge in [0.25, 0.3) is 0 Å². The summed E-state index contributed by atoms with van der Waals surface area (Å²) >= 11 is 1.72. The minimum Gasteiger partial charge on any atom is -0.352 e. The predicted octanol–water partition coefficient (Wildman–Crippen LogP) is 4.37. The highest BCUT2D eigenvalue weighted by molar-refractivity contribution is 7.10. The highest BCUT2D eigenvalue weighted by Gasteiger charge is 2.28. The fraction of sp³-hybridized carbons (Fsp3) is 0.476. The maximum atomic E-state index is 12.5. The van der Waals surface area contributed by atoms with Gasteiger partial charge in [-0.1, -0.05) is 63.1 Å². The van der Waals surface area contributed by atoms with Crippen LogP contribution in [0, 0.1) is 11.8 Å². The summed E-state index contributed by atoms with van der Waals surface area (Å²) in [7, 11) is 0. The molecule has 1 heterocycles. The first-order valence-electron chi connectivity index (χ1n) is 9.26. The normalized spacial score (nSPS) is 24.6. The molecule has 3 rings (SSSR count). The Morgan fingerprint density at radius 2 is 1.96 bits per heavy atom. The molecule has 3 nitrogen and oxygen atoms in total. The smallest absolute Gasteiger partial charge is 0.234 e. The summed E-state index contributed by atoms with van der Waals surface area (Å²) in [5, 5.41) is 8.79. The van der Waals surface area contributed by atoms with Gasteiger partial charge < -0.3 is 5.32 Å². The van der Waals surface area contributed by atoms with Crippen molar-refractivity contribution in [2.75, 3.05) is 6.54 Å². The number of hydrogen-bond donors (Lipinski definition) is 2. The summed E-state index contributed by atoms with van der Waals surface area (Å²) in [5.74, 6) is 1.35. The zero-order chi connectivity index (χ0) is 17.6. The molecular formula is C21H28N2OS. The Morgan fingerprint density at radius 1 is 1.16 bits per heavy atom. The summed E-state index contributed by atoms with van der Waals surface area (Å²) in [6.45, 7) is 4.90. The molecule has 1 aliphatic carbocycles. The van der Waals surface area contributed by atoms with E-state index in [4.69, 9.17) is 0 Å². The lowest BCUT2D eigenvalue weighted by Gasteiger charge is -2.34. The van der Waals surface area contributed by atoms with Crippen molar-refractivity contribution in [3.05, 3.63) is 58.3 Å².